The standard InChI is InChI=1S/C18H20ClN3O2/c1-21-8-7-20-17(21)18(24)10-14-5-6-15(11-18)22(14)16(23)12-3-2-4-13(19)9-12/h2-4,7-9,14-15,24H,5-6,10-11H2,1H3. The highest BCUT2D eigenvalue weighted by molar-refractivity contribution is 6.30. The van der Waals surface area contributed by atoms with Gasteiger partial charge in [0.25, 0.3) is 5.91 Å². The molecule has 2 aliphatic heterocycles. The molecule has 2 unspecified atom stereocenters. The monoisotopic (exact) mass is 345 g/mol. The van der Waals surface area contributed by atoms with Crippen LogP contribution in [-0.4, -0.2) is 37.5 Å². The number of fused-ring (bicyclic) bond motifs is 2. The third-order valence-corrected chi connectivity index (χ3v) is 5.55. The lowest BCUT2D eigenvalue weighted by Gasteiger charge is -2.43. The second-order valence-corrected chi connectivity index (χ2v) is 7.35. The summed E-state index contributed by atoms with van der Waals surface area (Å²) < 4.78 is 1.87. The lowest BCUT2D eigenvalue weighted by molar-refractivity contribution is -0.0555. The van der Waals surface area contributed by atoms with E-state index in [1.54, 1.807) is 30.5 Å². The summed E-state index contributed by atoms with van der Waals surface area (Å²) in [6, 6.07) is 7.15. The number of hydrogen-bond donors (Lipinski definition) is 1. The Morgan fingerprint density at radius 1 is 1.33 bits per heavy atom. The molecule has 1 N–H and O–H groups in total. The lowest BCUT2D eigenvalue weighted by atomic mass is 9.85. The number of carbonyl (C=O) groups is 1. The number of amides is 1. The first-order chi connectivity index (χ1) is 11.5. The molecule has 0 radical (unpaired) electrons. The molecular weight excluding hydrogens is 326 g/mol. The Morgan fingerprint density at radius 2 is 2.04 bits per heavy atom. The molecule has 0 aliphatic carbocycles. The maximum atomic E-state index is 12.9. The number of rotatable bonds is 2. The first-order valence-electron chi connectivity index (χ1n) is 8.26. The van der Waals surface area contributed by atoms with Gasteiger partial charge >= 0.3 is 0 Å². The number of aromatic nitrogens is 2. The highest BCUT2D eigenvalue weighted by atomic mass is 35.5. The van der Waals surface area contributed by atoms with E-state index in [1.807, 2.05) is 22.7 Å². The molecular formula is C18H20ClN3O2. The zero-order valence-electron chi connectivity index (χ0n) is 13.5. The molecule has 0 spiro atoms. The Balaban J connectivity index is 1.62. The van der Waals surface area contributed by atoms with E-state index in [2.05, 4.69) is 4.98 Å². The highest BCUT2D eigenvalue weighted by Crippen LogP contribution is 2.45. The van der Waals surface area contributed by atoms with Crippen molar-refractivity contribution in [2.75, 3.05) is 0 Å². The second kappa shape index (κ2) is 5.60. The van der Waals surface area contributed by atoms with E-state index >= 15 is 0 Å². The summed E-state index contributed by atoms with van der Waals surface area (Å²) in [5, 5.41) is 11.7. The molecule has 2 fully saturated rings. The number of aryl methyl sites for hydroxylation is 1. The summed E-state index contributed by atoms with van der Waals surface area (Å²) in [6.07, 6.45) is 6.45. The molecule has 3 heterocycles. The molecule has 5 nitrogen and oxygen atoms in total. The molecule has 2 saturated heterocycles. The van der Waals surface area contributed by atoms with Crippen LogP contribution >= 0.6 is 11.6 Å². The van der Waals surface area contributed by atoms with Crippen LogP contribution in [-0.2, 0) is 12.6 Å². The summed E-state index contributed by atoms with van der Waals surface area (Å²) in [4.78, 5) is 19.2. The number of piperidine rings is 1. The van der Waals surface area contributed by atoms with Crippen molar-refractivity contribution in [1.29, 1.82) is 0 Å². The molecule has 2 bridgehead atoms. The van der Waals surface area contributed by atoms with E-state index in [0.717, 1.165) is 12.8 Å². The maximum Gasteiger partial charge on any atom is 0.254 e. The van der Waals surface area contributed by atoms with Crippen molar-refractivity contribution in [3.05, 3.63) is 53.1 Å². The molecule has 0 saturated carbocycles. The van der Waals surface area contributed by atoms with E-state index in [4.69, 9.17) is 11.6 Å². The van der Waals surface area contributed by atoms with E-state index in [0.29, 0.717) is 29.3 Å². The minimum Gasteiger partial charge on any atom is -0.382 e. The Bertz CT molecular complexity index is 774. The van der Waals surface area contributed by atoms with Crippen molar-refractivity contribution in [2.45, 2.75) is 43.4 Å². The zero-order chi connectivity index (χ0) is 16.9. The number of carbonyl (C=O) groups excluding carboxylic acids is 1. The predicted molar refractivity (Wildman–Crippen MR) is 90.8 cm³/mol. The number of halogens is 1. The third kappa shape index (κ3) is 2.43. The van der Waals surface area contributed by atoms with Gasteiger partial charge in [-0.1, -0.05) is 17.7 Å². The van der Waals surface area contributed by atoms with Gasteiger partial charge in [0, 0.05) is 55.0 Å². The molecule has 126 valence electrons. The van der Waals surface area contributed by atoms with Crippen LogP contribution in [0.15, 0.2) is 36.7 Å². The first-order valence-corrected chi connectivity index (χ1v) is 8.64. The number of aliphatic hydroxyl groups is 1. The van der Waals surface area contributed by atoms with E-state index in [-0.39, 0.29) is 18.0 Å². The van der Waals surface area contributed by atoms with E-state index < -0.39 is 5.60 Å². The summed E-state index contributed by atoms with van der Waals surface area (Å²) in [5.41, 5.74) is -0.350. The van der Waals surface area contributed by atoms with Crippen molar-refractivity contribution >= 4 is 17.5 Å². The largest absolute Gasteiger partial charge is 0.382 e. The predicted octanol–water partition coefficient (Wildman–Crippen LogP) is 2.73. The van der Waals surface area contributed by atoms with Crippen LogP contribution in [0.2, 0.25) is 5.02 Å². The van der Waals surface area contributed by atoms with E-state index in [9.17, 15) is 9.90 Å². The van der Waals surface area contributed by atoms with Gasteiger partial charge in [-0.25, -0.2) is 4.98 Å². The number of imidazole rings is 1. The lowest BCUT2D eigenvalue weighted by Crippen LogP contribution is -2.52. The molecule has 4 rings (SSSR count). The van der Waals surface area contributed by atoms with Crippen LogP contribution in [0.3, 0.4) is 0 Å². The molecule has 24 heavy (non-hydrogen) atoms. The van der Waals surface area contributed by atoms with Crippen LogP contribution in [0.25, 0.3) is 0 Å². The van der Waals surface area contributed by atoms with Crippen molar-refractivity contribution in [2.24, 2.45) is 7.05 Å². The van der Waals surface area contributed by atoms with Gasteiger partial charge in [0.1, 0.15) is 11.4 Å². The maximum absolute atomic E-state index is 12.9. The van der Waals surface area contributed by atoms with Crippen LogP contribution in [0, 0.1) is 0 Å². The van der Waals surface area contributed by atoms with Gasteiger partial charge in [-0.15, -0.1) is 0 Å². The Kier molecular flexibility index (Phi) is 3.66. The van der Waals surface area contributed by atoms with Gasteiger partial charge in [0.15, 0.2) is 0 Å². The fraction of sp³-hybridized carbons (Fsp3) is 0.444. The van der Waals surface area contributed by atoms with Gasteiger partial charge in [-0.2, -0.15) is 0 Å². The number of benzene rings is 1. The van der Waals surface area contributed by atoms with Crippen molar-refractivity contribution in [1.82, 2.24) is 14.5 Å². The fourth-order valence-corrected chi connectivity index (χ4v) is 4.51. The molecule has 6 heteroatoms. The van der Waals surface area contributed by atoms with Gasteiger partial charge in [-0.3, -0.25) is 4.79 Å². The van der Waals surface area contributed by atoms with Crippen LogP contribution < -0.4 is 0 Å². The van der Waals surface area contributed by atoms with Crippen molar-refractivity contribution < 1.29 is 9.90 Å². The Labute approximate surface area is 145 Å². The quantitative estimate of drug-likeness (QED) is 0.910. The minimum atomic E-state index is -0.963. The Hall–Kier alpha value is -1.85. The van der Waals surface area contributed by atoms with Gasteiger partial charge in [0.05, 0.1) is 0 Å². The van der Waals surface area contributed by atoms with Crippen molar-refractivity contribution in [3.8, 4) is 0 Å². The second-order valence-electron chi connectivity index (χ2n) is 6.91. The summed E-state index contributed by atoms with van der Waals surface area (Å²) in [5.74, 6) is 0.696. The summed E-state index contributed by atoms with van der Waals surface area (Å²) >= 11 is 6.02. The average molecular weight is 346 g/mol. The zero-order valence-corrected chi connectivity index (χ0v) is 14.3. The highest BCUT2D eigenvalue weighted by Gasteiger charge is 2.51. The number of nitrogens with zero attached hydrogens (tertiary/aromatic N) is 3. The number of hydrogen-bond acceptors (Lipinski definition) is 3. The molecule has 2 aromatic rings. The van der Waals surface area contributed by atoms with Crippen LogP contribution in [0.4, 0.5) is 0 Å². The van der Waals surface area contributed by atoms with Crippen LogP contribution in [0.1, 0.15) is 41.9 Å². The molecule has 1 aromatic heterocycles. The molecule has 1 aromatic carbocycles. The SMILES string of the molecule is Cn1ccnc1C1(O)CC2CCC(C1)N2C(=O)c1cccc(Cl)c1. The van der Waals surface area contributed by atoms with Crippen LogP contribution in [0.5, 0.6) is 0 Å². The smallest absolute Gasteiger partial charge is 0.254 e. The minimum absolute atomic E-state index is 0.00638. The first kappa shape index (κ1) is 15.7. The fourth-order valence-electron chi connectivity index (χ4n) is 4.32. The van der Waals surface area contributed by atoms with Crippen molar-refractivity contribution in [3.63, 3.8) is 0 Å². The van der Waals surface area contributed by atoms with E-state index in [1.165, 1.54) is 0 Å². The third-order valence-electron chi connectivity index (χ3n) is 5.31. The topological polar surface area (TPSA) is 58.4 Å². The van der Waals surface area contributed by atoms with Gasteiger partial charge in [-0.05, 0) is 31.0 Å². The molecule has 2 aliphatic rings. The van der Waals surface area contributed by atoms with Gasteiger partial charge < -0.3 is 14.6 Å². The average Bonchev–Trinajstić information content (AvgIpc) is 3.09. The summed E-state index contributed by atoms with van der Waals surface area (Å²) in [6.45, 7) is 0. The summed E-state index contributed by atoms with van der Waals surface area (Å²) in [7, 11) is 1.89. The van der Waals surface area contributed by atoms with Gasteiger partial charge in [0.2, 0.25) is 0 Å². The Morgan fingerprint density at radius 3 is 2.62 bits per heavy atom. The molecule has 2 atom stereocenters. The normalized spacial score (nSPS) is 29.0. The molecule has 1 amide bonds.